The van der Waals surface area contributed by atoms with Crippen molar-refractivity contribution in [1.29, 1.82) is 0 Å². The minimum atomic E-state index is 0.332. The van der Waals surface area contributed by atoms with Crippen molar-refractivity contribution >= 4 is 0 Å². The SMILES string of the molecule is CCCC=C=CC(C)(C)CCC. The van der Waals surface area contributed by atoms with E-state index < -0.39 is 0 Å². The summed E-state index contributed by atoms with van der Waals surface area (Å²) in [6, 6.07) is 0. The fourth-order valence-electron chi connectivity index (χ4n) is 1.23. The van der Waals surface area contributed by atoms with Gasteiger partial charge in [0.2, 0.25) is 0 Å². The van der Waals surface area contributed by atoms with Crippen LogP contribution in [0, 0.1) is 5.41 Å². The molecule has 0 heteroatoms. The fraction of sp³-hybridized carbons (Fsp3) is 0.750. The molecule has 12 heavy (non-hydrogen) atoms. The van der Waals surface area contributed by atoms with Crippen molar-refractivity contribution in [3.63, 3.8) is 0 Å². The van der Waals surface area contributed by atoms with E-state index >= 15 is 0 Å². The van der Waals surface area contributed by atoms with Gasteiger partial charge in [-0.15, -0.1) is 5.73 Å². The maximum absolute atomic E-state index is 3.26. The predicted octanol–water partition coefficient (Wildman–Crippen LogP) is 4.32. The van der Waals surface area contributed by atoms with E-state index in [-0.39, 0.29) is 0 Å². The summed E-state index contributed by atoms with van der Waals surface area (Å²) in [5, 5.41) is 0. The number of hydrogen-bond acceptors (Lipinski definition) is 0. The van der Waals surface area contributed by atoms with E-state index in [0.717, 1.165) is 6.42 Å². The van der Waals surface area contributed by atoms with Crippen molar-refractivity contribution in [1.82, 2.24) is 0 Å². The Morgan fingerprint density at radius 1 is 1.17 bits per heavy atom. The molecule has 0 unspecified atom stereocenters. The molecule has 0 N–H and O–H groups in total. The zero-order chi connectivity index (χ0) is 9.45. The third kappa shape index (κ3) is 6.24. The number of allylic oxidation sites excluding steroid dienone is 1. The Bertz CT molecular complexity index is 157. The Morgan fingerprint density at radius 3 is 2.33 bits per heavy atom. The normalized spacial score (nSPS) is 10.7. The molecular formula is C12H22. The predicted molar refractivity (Wildman–Crippen MR) is 56.3 cm³/mol. The Morgan fingerprint density at radius 2 is 1.83 bits per heavy atom. The van der Waals surface area contributed by atoms with Crippen molar-refractivity contribution in [2.45, 2.75) is 53.4 Å². The molecule has 0 heterocycles. The lowest BCUT2D eigenvalue weighted by molar-refractivity contribution is 0.432. The molecular weight excluding hydrogens is 144 g/mol. The van der Waals surface area contributed by atoms with E-state index in [4.69, 9.17) is 0 Å². The van der Waals surface area contributed by atoms with Gasteiger partial charge in [-0.25, -0.2) is 0 Å². The molecule has 0 spiro atoms. The molecule has 70 valence electrons. The molecule has 0 saturated carbocycles. The fourth-order valence-corrected chi connectivity index (χ4v) is 1.23. The van der Waals surface area contributed by atoms with Crippen molar-refractivity contribution < 1.29 is 0 Å². The first-order valence-electron chi connectivity index (χ1n) is 5.04. The zero-order valence-corrected chi connectivity index (χ0v) is 8.98. The van der Waals surface area contributed by atoms with Crippen LogP contribution in [-0.4, -0.2) is 0 Å². The highest BCUT2D eigenvalue weighted by molar-refractivity contribution is 4.94. The molecule has 0 rings (SSSR count). The Balaban J connectivity index is 3.93. The lowest BCUT2D eigenvalue weighted by atomic mass is 9.88. The molecule has 0 aliphatic heterocycles. The third-order valence-electron chi connectivity index (χ3n) is 1.92. The van der Waals surface area contributed by atoms with E-state index in [1.807, 2.05) is 0 Å². The summed E-state index contributed by atoms with van der Waals surface area (Å²) in [4.78, 5) is 0. The van der Waals surface area contributed by atoms with Crippen LogP contribution in [0.4, 0.5) is 0 Å². The number of hydrogen-bond donors (Lipinski definition) is 0. The van der Waals surface area contributed by atoms with E-state index in [1.165, 1.54) is 19.3 Å². The van der Waals surface area contributed by atoms with Crippen molar-refractivity contribution in [3.8, 4) is 0 Å². The van der Waals surface area contributed by atoms with Crippen molar-refractivity contribution in [2.24, 2.45) is 5.41 Å². The molecule has 0 aliphatic rings. The summed E-state index contributed by atoms with van der Waals surface area (Å²) in [6.07, 6.45) is 9.20. The van der Waals surface area contributed by atoms with Gasteiger partial charge in [-0.2, -0.15) is 0 Å². The topological polar surface area (TPSA) is 0 Å². The third-order valence-corrected chi connectivity index (χ3v) is 1.92. The van der Waals surface area contributed by atoms with Gasteiger partial charge in [-0.05, 0) is 30.4 Å². The quantitative estimate of drug-likeness (QED) is 0.533. The summed E-state index contributed by atoms with van der Waals surface area (Å²) in [5.74, 6) is 0. The highest BCUT2D eigenvalue weighted by Gasteiger charge is 2.10. The van der Waals surface area contributed by atoms with Gasteiger partial charge in [0.15, 0.2) is 0 Å². The Labute approximate surface area is 77.4 Å². The average molecular weight is 166 g/mol. The lowest BCUT2D eigenvalue weighted by Gasteiger charge is -2.16. The van der Waals surface area contributed by atoms with Crippen molar-refractivity contribution in [3.05, 3.63) is 17.9 Å². The van der Waals surface area contributed by atoms with Crippen LogP contribution >= 0.6 is 0 Å². The van der Waals surface area contributed by atoms with Crippen molar-refractivity contribution in [2.75, 3.05) is 0 Å². The molecule has 0 radical (unpaired) electrons. The largest absolute Gasteiger partial charge is 0.129 e. The van der Waals surface area contributed by atoms with E-state index in [1.54, 1.807) is 0 Å². The Hall–Kier alpha value is -0.480. The summed E-state index contributed by atoms with van der Waals surface area (Å²) in [5.41, 5.74) is 3.59. The van der Waals surface area contributed by atoms with Crippen LogP contribution in [0.25, 0.3) is 0 Å². The number of rotatable bonds is 5. The molecule has 0 fully saturated rings. The van der Waals surface area contributed by atoms with Crippen LogP contribution in [0.5, 0.6) is 0 Å². The molecule has 0 bridgehead atoms. The molecule has 0 aromatic heterocycles. The second-order valence-electron chi connectivity index (χ2n) is 4.04. The molecule has 0 aliphatic carbocycles. The highest BCUT2D eigenvalue weighted by Crippen LogP contribution is 2.22. The molecule has 0 aromatic rings. The first kappa shape index (κ1) is 11.5. The minimum absolute atomic E-state index is 0.332. The van der Waals surface area contributed by atoms with Gasteiger partial charge in [0.25, 0.3) is 0 Å². The summed E-state index contributed by atoms with van der Waals surface area (Å²) < 4.78 is 0. The molecule has 0 amide bonds. The minimum Gasteiger partial charge on any atom is -0.129 e. The smallest absolute Gasteiger partial charge is 0.00993 e. The zero-order valence-electron chi connectivity index (χ0n) is 8.98. The van der Waals surface area contributed by atoms with Gasteiger partial charge in [-0.1, -0.05) is 40.5 Å². The standard InChI is InChI=1S/C12H22/c1-5-7-8-9-11-12(3,4)10-6-2/h8,11H,5-7,10H2,1-4H3. The highest BCUT2D eigenvalue weighted by atomic mass is 14.1. The molecule has 0 nitrogen and oxygen atoms in total. The maximum Gasteiger partial charge on any atom is -0.00993 e. The second kappa shape index (κ2) is 6.08. The van der Waals surface area contributed by atoms with Crippen LogP contribution in [-0.2, 0) is 0 Å². The summed E-state index contributed by atoms with van der Waals surface area (Å²) in [7, 11) is 0. The van der Waals surface area contributed by atoms with Gasteiger partial charge < -0.3 is 0 Å². The monoisotopic (exact) mass is 166 g/mol. The summed E-state index contributed by atoms with van der Waals surface area (Å²) in [6.45, 7) is 8.95. The van der Waals surface area contributed by atoms with Gasteiger partial charge >= 0.3 is 0 Å². The van der Waals surface area contributed by atoms with Gasteiger partial charge in [0.1, 0.15) is 0 Å². The first-order valence-corrected chi connectivity index (χ1v) is 5.04. The van der Waals surface area contributed by atoms with Gasteiger partial charge in [0, 0.05) is 0 Å². The van der Waals surface area contributed by atoms with Crippen LogP contribution in [0.15, 0.2) is 17.9 Å². The van der Waals surface area contributed by atoms with Crippen LogP contribution in [0.3, 0.4) is 0 Å². The molecule has 0 saturated heterocycles. The van der Waals surface area contributed by atoms with Crippen LogP contribution in [0.2, 0.25) is 0 Å². The number of unbranched alkanes of at least 4 members (excludes halogenated alkanes) is 1. The first-order chi connectivity index (χ1) is 5.62. The Kier molecular flexibility index (Phi) is 5.84. The average Bonchev–Trinajstić information content (AvgIpc) is 1.98. The summed E-state index contributed by atoms with van der Waals surface area (Å²) >= 11 is 0. The van der Waals surface area contributed by atoms with Gasteiger partial charge in [-0.3, -0.25) is 0 Å². The second-order valence-corrected chi connectivity index (χ2v) is 4.04. The van der Waals surface area contributed by atoms with Crippen LogP contribution < -0.4 is 0 Å². The van der Waals surface area contributed by atoms with Gasteiger partial charge in [0.05, 0.1) is 0 Å². The van der Waals surface area contributed by atoms with Crippen LogP contribution in [0.1, 0.15) is 53.4 Å². The molecule has 0 aromatic carbocycles. The van der Waals surface area contributed by atoms with E-state index in [2.05, 4.69) is 45.6 Å². The van der Waals surface area contributed by atoms with E-state index in [0.29, 0.717) is 5.41 Å². The maximum atomic E-state index is 3.26. The van der Waals surface area contributed by atoms with E-state index in [9.17, 15) is 0 Å². The lowest BCUT2D eigenvalue weighted by Crippen LogP contribution is -2.05. The molecule has 0 atom stereocenters.